The van der Waals surface area contributed by atoms with Crippen molar-refractivity contribution in [2.45, 2.75) is 26.4 Å². The Morgan fingerprint density at radius 2 is 2.06 bits per heavy atom. The molecule has 0 heterocycles. The number of nitrogen functional groups attached to an aromatic ring is 1. The SMILES string of the molecule is COC(C)(C)C(=O)Nc1cc(C)ccc1N. The standard InChI is InChI=1S/C12H18N2O2/c1-8-5-6-9(13)10(7-8)14-11(15)12(2,3)16-4/h5-7H,13H2,1-4H3,(H,14,15). The summed E-state index contributed by atoms with van der Waals surface area (Å²) < 4.78 is 5.09. The Labute approximate surface area is 95.8 Å². The highest BCUT2D eigenvalue weighted by Crippen LogP contribution is 2.21. The zero-order valence-electron chi connectivity index (χ0n) is 10.1. The lowest BCUT2D eigenvalue weighted by Crippen LogP contribution is -2.39. The highest BCUT2D eigenvalue weighted by atomic mass is 16.5. The lowest BCUT2D eigenvalue weighted by atomic mass is 10.1. The number of hydrogen-bond donors (Lipinski definition) is 2. The molecule has 16 heavy (non-hydrogen) atoms. The molecule has 4 heteroatoms. The molecule has 0 unspecified atom stereocenters. The number of carbonyl (C=O) groups excluding carboxylic acids is 1. The number of hydrogen-bond acceptors (Lipinski definition) is 3. The number of rotatable bonds is 3. The summed E-state index contributed by atoms with van der Waals surface area (Å²) in [7, 11) is 1.50. The average molecular weight is 222 g/mol. The fourth-order valence-electron chi connectivity index (χ4n) is 1.14. The van der Waals surface area contributed by atoms with Crippen LogP contribution in [0, 0.1) is 6.92 Å². The Hall–Kier alpha value is -1.55. The number of anilines is 2. The van der Waals surface area contributed by atoms with Gasteiger partial charge in [-0.2, -0.15) is 0 Å². The summed E-state index contributed by atoms with van der Waals surface area (Å²) in [4.78, 5) is 11.8. The van der Waals surface area contributed by atoms with E-state index in [2.05, 4.69) is 5.32 Å². The topological polar surface area (TPSA) is 64.3 Å². The maximum Gasteiger partial charge on any atom is 0.256 e. The van der Waals surface area contributed by atoms with E-state index in [1.807, 2.05) is 19.1 Å². The van der Waals surface area contributed by atoms with Crippen LogP contribution in [-0.2, 0) is 9.53 Å². The average Bonchev–Trinajstić information content (AvgIpc) is 2.23. The van der Waals surface area contributed by atoms with Crippen LogP contribution < -0.4 is 11.1 Å². The molecule has 0 aliphatic heterocycles. The van der Waals surface area contributed by atoms with Crippen molar-refractivity contribution in [3.8, 4) is 0 Å². The molecule has 0 spiro atoms. The third kappa shape index (κ3) is 2.73. The highest BCUT2D eigenvalue weighted by molar-refractivity contribution is 5.99. The van der Waals surface area contributed by atoms with Gasteiger partial charge in [0, 0.05) is 7.11 Å². The quantitative estimate of drug-likeness (QED) is 0.768. The molecular formula is C12H18N2O2. The van der Waals surface area contributed by atoms with Crippen molar-refractivity contribution in [3.63, 3.8) is 0 Å². The predicted octanol–water partition coefficient (Wildman–Crippen LogP) is 1.94. The van der Waals surface area contributed by atoms with Crippen molar-refractivity contribution in [1.29, 1.82) is 0 Å². The Morgan fingerprint density at radius 1 is 1.44 bits per heavy atom. The lowest BCUT2D eigenvalue weighted by Gasteiger charge is -2.22. The van der Waals surface area contributed by atoms with Gasteiger partial charge in [0.15, 0.2) is 0 Å². The minimum Gasteiger partial charge on any atom is -0.397 e. The summed E-state index contributed by atoms with van der Waals surface area (Å²) >= 11 is 0. The fraction of sp³-hybridized carbons (Fsp3) is 0.417. The van der Waals surface area contributed by atoms with Gasteiger partial charge in [-0.15, -0.1) is 0 Å². The van der Waals surface area contributed by atoms with Crippen LogP contribution in [0.5, 0.6) is 0 Å². The molecular weight excluding hydrogens is 204 g/mol. The van der Waals surface area contributed by atoms with Gasteiger partial charge >= 0.3 is 0 Å². The molecule has 0 saturated carbocycles. The van der Waals surface area contributed by atoms with Gasteiger partial charge in [0.05, 0.1) is 11.4 Å². The van der Waals surface area contributed by atoms with Gasteiger partial charge in [-0.3, -0.25) is 4.79 Å². The van der Waals surface area contributed by atoms with E-state index in [0.717, 1.165) is 5.56 Å². The van der Waals surface area contributed by atoms with Crippen molar-refractivity contribution in [2.75, 3.05) is 18.2 Å². The zero-order chi connectivity index (χ0) is 12.3. The first kappa shape index (κ1) is 12.5. The second-order valence-corrected chi connectivity index (χ2v) is 4.26. The first-order chi connectivity index (χ1) is 7.36. The van der Waals surface area contributed by atoms with Gasteiger partial charge in [0.25, 0.3) is 5.91 Å². The second kappa shape index (κ2) is 4.53. The highest BCUT2D eigenvalue weighted by Gasteiger charge is 2.27. The molecule has 3 N–H and O–H groups in total. The predicted molar refractivity (Wildman–Crippen MR) is 65.3 cm³/mol. The maximum atomic E-state index is 11.8. The third-order valence-corrected chi connectivity index (χ3v) is 2.51. The zero-order valence-corrected chi connectivity index (χ0v) is 10.1. The van der Waals surface area contributed by atoms with Gasteiger partial charge in [-0.05, 0) is 38.5 Å². The van der Waals surface area contributed by atoms with Gasteiger partial charge in [-0.25, -0.2) is 0 Å². The normalized spacial score (nSPS) is 11.2. The minimum absolute atomic E-state index is 0.215. The molecule has 1 aromatic carbocycles. The van der Waals surface area contributed by atoms with Crippen molar-refractivity contribution in [3.05, 3.63) is 23.8 Å². The van der Waals surface area contributed by atoms with E-state index in [4.69, 9.17) is 10.5 Å². The van der Waals surface area contributed by atoms with Gasteiger partial charge in [-0.1, -0.05) is 6.07 Å². The molecule has 1 aromatic rings. The van der Waals surface area contributed by atoms with Gasteiger partial charge in [0.2, 0.25) is 0 Å². The van der Waals surface area contributed by atoms with Crippen LogP contribution in [0.25, 0.3) is 0 Å². The number of aryl methyl sites for hydroxylation is 1. The van der Waals surface area contributed by atoms with Crippen LogP contribution in [0.3, 0.4) is 0 Å². The number of nitrogens with two attached hydrogens (primary N) is 1. The minimum atomic E-state index is -0.865. The number of ether oxygens (including phenoxy) is 1. The largest absolute Gasteiger partial charge is 0.397 e. The second-order valence-electron chi connectivity index (χ2n) is 4.26. The summed E-state index contributed by atoms with van der Waals surface area (Å²) in [5.41, 5.74) is 7.11. The lowest BCUT2D eigenvalue weighted by molar-refractivity contribution is -0.133. The number of methoxy groups -OCH3 is 1. The number of benzene rings is 1. The molecule has 88 valence electrons. The van der Waals surface area contributed by atoms with Crippen LogP contribution in [0.15, 0.2) is 18.2 Å². The molecule has 0 fully saturated rings. The fourth-order valence-corrected chi connectivity index (χ4v) is 1.14. The van der Waals surface area contributed by atoms with E-state index in [1.54, 1.807) is 19.9 Å². The molecule has 0 aromatic heterocycles. The van der Waals surface area contributed by atoms with Crippen LogP contribution in [-0.4, -0.2) is 18.6 Å². The molecule has 0 aliphatic rings. The van der Waals surface area contributed by atoms with E-state index in [1.165, 1.54) is 7.11 Å². The van der Waals surface area contributed by atoms with E-state index < -0.39 is 5.60 Å². The van der Waals surface area contributed by atoms with Crippen LogP contribution in [0.2, 0.25) is 0 Å². The molecule has 0 saturated heterocycles. The number of carbonyl (C=O) groups is 1. The number of nitrogens with one attached hydrogen (secondary N) is 1. The molecule has 1 rings (SSSR count). The van der Waals surface area contributed by atoms with E-state index in [0.29, 0.717) is 11.4 Å². The summed E-state index contributed by atoms with van der Waals surface area (Å²) in [5.74, 6) is -0.215. The third-order valence-electron chi connectivity index (χ3n) is 2.51. The smallest absolute Gasteiger partial charge is 0.256 e. The molecule has 0 atom stereocenters. The van der Waals surface area contributed by atoms with E-state index >= 15 is 0 Å². The van der Waals surface area contributed by atoms with Gasteiger partial charge in [0.1, 0.15) is 5.60 Å². The number of amides is 1. The van der Waals surface area contributed by atoms with Crippen LogP contribution >= 0.6 is 0 Å². The first-order valence-corrected chi connectivity index (χ1v) is 5.09. The van der Waals surface area contributed by atoms with Crippen LogP contribution in [0.1, 0.15) is 19.4 Å². The Bertz CT molecular complexity index is 400. The molecule has 4 nitrogen and oxygen atoms in total. The summed E-state index contributed by atoms with van der Waals surface area (Å²) in [6.45, 7) is 5.35. The van der Waals surface area contributed by atoms with Crippen molar-refractivity contribution in [2.24, 2.45) is 0 Å². The molecule has 1 amide bonds. The monoisotopic (exact) mass is 222 g/mol. The Kier molecular flexibility index (Phi) is 3.55. The maximum absolute atomic E-state index is 11.8. The Balaban J connectivity index is 2.89. The van der Waals surface area contributed by atoms with E-state index in [-0.39, 0.29) is 5.91 Å². The summed E-state index contributed by atoms with van der Waals surface area (Å²) in [5, 5.41) is 2.75. The van der Waals surface area contributed by atoms with Crippen molar-refractivity contribution < 1.29 is 9.53 Å². The Morgan fingerprint density at radius 3 is 2.62 bits per heavy atom. The molecule has 0 aliphatic carbocycles. The van der Waals surface area contributed by atoms with Crippen molar-refractivity contribution >= 4 is 17.3 Å². The summed E-state index contributed by atoms with van der Waals surface area (Å²) in [6, 6.07) is 5.50. The van der Waals surface area contributed by atoms with Crippen molar-refractivity contribution in [1.82, 2.24) is 0 Å². The summed E-state index contributed by atoms with van der Waals surface area (Å²) in [6.07, 6.45) is 0. The first-order valence-electron chi connectivity index (χ1n) is 5.09. The molecule has 0 radical (unpaired) electrons. The van der Waals surface area contributed by atoms with E-state index in [9.17, 15) is 4.79 Å². The van der Waals surface area contributed by atoms with Crippen LogP contribution in [0.4, 0.5) is 11.4 Å². The molecule has 0 bridgehead atoms. The van der Waals surface area contributed by atoms with Gasteiger partial charge < -0.3 is 15.8 Å².